The SMILES string of the molecule is NC(=O)C1(Cc2ccc(-c3ccccc3)cc2)CCCN(Cc2ccccn2)C1. The van der Waals surface area contributed by atoms with Crippen molar-refractivity contribution in [1.29, 1.82) is 0 Å². The second-order valence-corrected chi connectivity index (χ2v) is 8.02. The van der Waals surface area contributed by atoms with Crippen molar-refractivity contribution in [2.24, 2.45) is 11.1 Å². The summed E-state index contributed by atoms with van der Waals surface area (Å²) in [5.74, 6) is -0.199. The molecule has 0 spiro atoms. The molecule has 2 N–H and O–H groups in total. The van der Waals surface area contributed by atoms with E-state index in [1.807, 2.05) is 42.6 Å². The number of rotatable bonds is 6. The molecule has 4 heteroatoms. The minimum Gasteiger partial charge on any atom is -0.369 e. The summed E-state index contributed by atoms with van der Waals surface area (Å²) < 4.78 is 0. The number of aromatic nitrogens is 1. The Labute approximate surface area is 172 Å². The lowest BCUT2D eigenvalue weighted by atomic mass is 9.74. The Kier molecular flexibility index (Phi) is 5.72. The second-order valence-electron chi connectivity index (χ2n) is 8.02. The van der Waals surface area contributed by atoms with Gasteiger partial charge in [-0.1, -0.05) is 60.7 Å². The van der Waals surface area contributed by atoms with Gasteiger partial charge in [0, 0.05) is 19.3 Å². The van der Waals surface area contributed by atoms with E-state index in [1.165, 1.54) is 11.1 Å². The van der Waals surface area contributed by atoms with Gasteiger partial charge >= 0.3 is 0 Å². The molecule has 4 rings (SSSR count). The summed E-state index contributed by atoms with van der Waals surface area (Å²) in [5, 5.41) is 0. The molecule has 29 heavy (non-hydrogen) atoms. The molecule has 4 nitrogen and oxygen atoms in total. The Hall–Kier alpha value is -2.98. The summed E-state index contributed by atoms with van der Waals surface area (Å²) >= 11 is 0. The van der Waals surface area contributed by atoms with E-state index in [-0.39, 0.29) is 5.91 Å². The van der Waals surface area contributed by atoms with Crippen LogP contribution in [0.1, 0.15) is 24.1 Å². The van der Waals surface area contributed by atoms with E-state index in [2.05, 4.69) is 46.3 Å². The number of pyridine rings is 1. The topological polar surface area (TPSA) is 59.2 Å². The molecule has 1 amide bonds. The van der Waals surface area contributed by atoms with E-state index < -0.39 is 5.41 Å². The third-order valence-corrected chi connectivity index (χ3v) is 5.89. The zero-order valence-corrected chi connectivity index (χ0v) is 16.6. The standard InChI is InChI=1S/C25H27N3O/c26-24(29)25(14-6-16-28(19-25)18-23-9-4-5-15-27-23)17-20-10-12-22(13-11-20)21-7-2-1-3-8-21/h1-5,7-13,15H,6,14,16-19H2,(H2,26,29). The van der Waals surface area contributed by atoms with Crippen LogP contribution >= 0.6 is 0 Å². The zero-order valence-electron chi connectivity index (χ0n) is 16.6. The summed E-state index contributed by atoms with van der Waals surface area (Å²) in [6.07, 6.45) is 4.30. The van der Waals surface area contributed by atoms with Gasteiger partial charge in [0.15, 0.2) is 0 Å². The van der Waals surface area contributed by atoms with Crippen molar-refractivity contribution in [2.45, 2.75) is 25.8 Å². The average molecular weight is 386 g/mol. The molecule has 2 aromatic carbocycles. The molecule has 0 radical (unpaired) electrons. The van der Waals surface area contributed by atoms with Gasteiger partial charge < -0.3 is 5.73 Å². The summed E-state index contributed by atoms with van der Waals surface area (Å²) in [7, 11) is 0. The number of primary amides is 1. The molecular weight excluding hydrogens is 358 g/mol. The normalized spacial score (nSPS) is 19.7. The molecule has 0 saturated carbocycles. The number of amides is 1. The fourth-order valence-electron chi connectivity index (χ4n) is 4.35. The Morgan fingerprint density at radius 1 is 0.966 bits per heavy atom. The number of likely N-dealkylation sites (tertiary alicyclic amines) is 1. The quantitative estimate of drug-likeness (QED) is 0.696. The van der Waals surface area contributed by atoms with Gasteiger partial charge in [-0.25, -0.2) is 0 Å². The van der Waals surface area contributed by atoms with Crippen molar-refractivity contribution in [2.75, 3.05) is 13.1 Å². The van der Waals surface area contributed by atoms with Gasteiger partial charge in [0.1, 0.15) is 0 Å². The number of nitrogens with zero attached hydrogens (tertiary/aromatic N) is 2. The van der Waals surface area contributed by atoms with Gasteiger partial charge in [0.05, 0.1) is 11.1 Å². The van der Waals surface area contributed by atoms with Gasteiger partial charge in [0.25, 0.3) is 0 Å². The number of benzene rings is 2. The van der Waals surface area contributed by atoms with Gasteiger partial charge in [-0.15, -0.1) is 0 Å². The largest absolute Gasteiger partial charge is 0.369 e. The lowest BCUT2D eigenvalue weighted by Crippen LogP contribution is -2.51. The fourth-order valence-corrected chi connectivity index (χ4v) is 4.35. The monoisotopic (exact) mass is 385 g/mol. The van der Waals surface area contributed by atoms with Crippen molar-refractivity contribution in [3.05, 3.63) is 90.3 Å². The fraction of sp³-hybridized carbons (Fsp3) is 0.280. The number of hydrogen-bond donors (Lipinski definition) is 1. The van der Waals surface area contributed by atoms with E-state index in [0.717, 1.165) is 37.2 Å². The minimum absolute atomic E-state index is 0.199. The van der Waals surface area contributed by atoms with E-state index in [9.17, 15) is 4.79 Å². The van der Waals surface area contributed by atoms with Crippen LogP contribution < -0.4 is 5.73 Å². The van der Waals surface area contributed by atoms with Crippen LogP contribution in [0.15, 0.2) is 79.0 Å². The lowest BCUT2D eigenvalue weighted by molar-refractivity contribution is -0.131. The van der Waals surface area contributed by atoms with Crippen LogP contribution in [0.4, 0.5) is 0 Å². The summed E-state index contributed by atoms with van der Waals surface area (Å²) in [6.45, 7) is 2.40. The van der Waals surface area contributed by atoms with Crippen molar-refractivity contribution in [1.82, 2.24) is 9.88 Å². The van der Waals surface area contributed by atoms with Crippen molar-refractivity contribution in [3.8, 4) is 11.1 Å². The maximum Gasteiger partial charge on any atom is 0.225 e. The van der Waals surface area contributed by atoms with Gasteiger partial charge in [-0.05, 0) is 54.6 Å². The molecule has 1 aliphatic heterocycles. The minimum atomic E-state index is -0.526. The highest BCUT2D eigenvalue weighted by atomic mass is 16.1. The first-order chi connectivity index (χ1) is 14.1. The first-order valence-corrected chi connectivity index (χ1v) is 10.2. The van der Waals surface area contributed by atoms with E-state index >= 15 is 0 Å². The molecule has 2 heterocycles. The molecule has 1 atom stereocenters. The third kappa shape index (κ3) is 4.54. The maximum atomic E-state index is 12.5. The number of hydrogen-bond acceptors (Lipinski definition) is 3. The summed E-state index contributed by atoms with van der Waals surface area (Å²) in [4.78, 5) is 19.3. The molecule has 1 aliphatic rings. The number of nitrogens with two attached hydrogens (primary N) is 1. The van der Waals surface area contributed by atoms with Crippen LogP contribution in [0.5, 0.6) is 0 Å². The lowest BCUT2D eigenvalue weighted by Gasteiger charge is -2.40. The van der Waals surface area contributed by atoms with Crippen LogP contribution in [0.25, 0.3) is 11.1 Å². The van der Waals surface area contributed by atoms with Crippen LogP contribution in [-0.4, -0.2) is 28.9 Å². The van der Waals surface area contributed by atoms with Gasteiger partial charge in [-0.2, -0.15) is 0 Å². The Morgan fingerprint density at radius 3 is 2.38 bits per heavy atom. The average Bonchev–Trinajstić information content (AvgIpc) is 2.76. The number of piperidine rings is 1. The molecule has 0 aliphatic carbocycles. The summed E-state index contributed by atoms with van der Waals surface area (Å²) in [5.41, 5.74) is 9.98. The highest BCUT2D eigenvalue weighted by molar-refractivity contribution is 5.81. The predicted octanol–water partition coefficient (Wildman–Crippen LogP) is 4.06. The zero-order chi connectivity index (χ0) is 20.1. The molecule has 1 fully saturated rings. The van der Waals surface area contributed by atoms with Crippen molar-refractivity contribution in [3.63, 3.8) is 0 Å². The molecule has 3 aromatic rings. The van der Waals surface area contributed by atoms with Crippen LogP contribution in [0, 0.1) is 5.41 Å². The highest BCUT2D eigenvalue weighted by Crippen LogP contribution is 2.34. The first kappa shape index (κ1) is 19.3. The summed E-state index contributed by atoms with van der Waals surface area (Å²) in [6, 6.07) is 24.8. The van der Waals surface area contributed by atoms with Crippen LogP contribution in [-0.2, 0) is 17.8 Å². The van der Waals surface area contributed by atoms with Crippen molar-refractivity contribution < 1.29 is 4.79 Å². The Bertz CT molecular complexity index is 941. The molecule has 1 saturated heterocycles. The third-order valence-electron chi connectivity index (χ3n) is 5.89. The first-order valence-electron chi connectivity index (χ1n) is 10.2. The molecule has 0 bridgehead atoms. The predicted molar refractivity (Wildman–Crippen MR) is 116 cm³/mol. The number of carbonyl (C=O) groups excluding carboxylic acids is 1. The second kappa shape index (κ2) is 8.58. The van der Waals surface area contributed by atoms with Crippen LogP contribution in [0.3, 0.4) is 0 Å². The number of carbonyl (C=O) groups is 1. The molecule has 1 unspecified atom stereocenters. The van der Waals surface area contributed by atoms with E-state index in [1.54, 1.807) is 0 Å². The molecule has 1 aromatic heterocycles. The molecule has 148 valence electrons. The molecular formula is C25H27N3O. The van der Waals surface area contributed by atoms with E-state index in [0.29, 0.717) is 13.0 Å². The smallest absolute Gasteiger partial charge is 0.225 e. The van der Waals surface area contributed by atoms with Crippen molar-refractivity contribution >= 4 is 5.91 Å². The highest BCUT2D eigenvalue weighted by Gasteiger charge is 2.40. The van der Waals surface area contributed by atoms with Gasteiger partial charge in [-0.3, -0.25) is 14.7 Å². The van der Waals surface area contributed by atoms with Gasteiger partial charge in [0.2, 0.25) is 5.91 Å². The van der Waals surface area contributed by atoms with E-state index in [4.69, 9.17) is 5.73 Å². The van der Waals surface area contributed by atoms with Crippen LogP contribution in [0.2, 0.25) is 0 Å². The Morgan fingerprint density at radius 2 is 1.69 bits per heavy atom. The Balaban J connectivity index is 1.50. The maximum absolute atomic E-state index is 12.5.